The summed E-state index contributed by atoms with van der Waals surface area (Å²) >= 11 is 0. The number of ether oxygens (including phenoxy) is 2. The van der Waals surface area contributed by atoms with Crippen molar-refractivity contribution < 1.29 is 24.2 Å². The van der Waals surface area contributed by atoms with E-state index in [1.807, 2.05) is 51.1 Å². The SMILES string of the molecule is CC(C)(C)OC(=O)N1CCCc2ccc(CCN3CC=CCC3)nc21.COC(=O)CC(CO)c1ccccc1. The van der Waals surface area contributed by atoms with Gasteiger partial charge in [0.25, 0.3) is 0 Å². The fraction of sp³-hybridized carbons (Fsp3) is 0.516. The number of carbonyl (C=O) groups is 2. The van der Waals surface area contributed by atoms with E-state index < -0.39 is 5.60 Å². The van der Waals surface area contributed by atoms with E-state index in [0.29, 0.717) is 6.54 Å². The van der Waals surface area contributed by atoms with Crippen molar-refractivity contribution in [3.05, 3.63) is 71.4 Å². The Morgan fingerprint density at radius 2 is 1.85 bits per heavy atom. The molecule has 4 rings (SSSR count). The van der Waals surface area contributed by atoms with Gasteiger partial charge in [-0.15, -0.1) is 0 Å². The highest BCUT2D eigenvalue weighted by molar-refractivity contribution is 5.88. The van der Waals surface area contributed by atoms with Gasteiger partial charge in [0.1, 0.15) is 11.4 Å². The van der Waals surface area contributed by atoms with E-state index in [-0.39, 0.29) is 31.0 Å². The minimum Gasteiger partial charge on any atom is -0.469 e. The number of aliphatic hydroxyl groups is 1. The largest absolute Gasteiger partial charge is 0.469 e. The van der Waals surface area contributed by atoms with Crippen LogP contribution in [0.1, 0.15) is 62.8 Å². The zero-order valence-electron chi connectivity index (χ0n) is 23.8. The molecule has 1 N–H and O–H groups in total. The zero-order valence-corrected chi connectivity index (χ0v) is 23.8. The van der Waals surface area contributed by atoms with Crippen molar-refractivity contribution in [1.29, 1.82) is 0 Å². The lowest BCUT2D eigenvalue weighted by atomic mass is 9.97. The zero-order chi connectivity index (χ0) is 28.3. The Bertz CT molecular complexity index is 1100. The number of nitrogens with zero attached hydrogens (tertiary/aromatic N) is 3. The number of aliphatic hydroxyl groups excluding tert-OH is 1. The average molecular weight is 538 g/mol. The molecule has 1 aromatic carbocycles. The number of anilines is 1. The normalized spacial score (nSPS) is 16.0. The van der Waals surface area contributed by atoms with Crippen LogP contribution in [0.25, 0.3) is 0 Å². The molecule has 0 fully saturated rings. The molecule has 8 heteroatoms. The first-order chi connectivity index (χ1) is 18.7. The number of benzene rings is 1. The van der Waals surface area contributed by atoms with Crippen LogP contribution in [0.4, 0.5) is 10.6 Å². The number of carbonyl (C=O) groups excluding carboxylic acids is 2. The second-order valence-electron chi connectivity index (χ2n) is 10.9. The van der Waals surface area contributed by atoms with Crippen LogP contribution < -0.4 is 4.90 Å². The summed E-state index contributed by atoms with van der Waals surface area (Å²) in [5, 5.41) is 9.12. The quantitative estimate of drug-likeness (QED) is 0.397. The second kappa shape index (κ2) is 14.8. The molecule has 2 aliphatic heterocycles. The van der Waals surface area contributed by atoms with Crippen LogP contribution in [0, 0.1) is 0 Å². The second-order valence-corrected chi connectivity index (χ2v) is 10.9. The molecule has 0 saturated carbocycles. The maximum atomic E-state index is 12.5. The van der Waals surface area contributed by atoms with Gasteiger partial charge in [-0.1, -0.05) is 48.6 Å². The minimum absolute atomic E-state index is 0.0425. The molecule has 2 aromatic rings. The Morgan fingerprint density at radius 1 is 1.08 bits per heavy atom. The first-order valence-corrected chi connectivity index (χ1v) is 13.8. The number of aromatic nitrogens is 1. The Labute approximate surface area is 232 Å². The van der Waals surface area contributed by atoms with Gasteiger partial charge in [-0.2, -0.15) is 0 Å². The van der Waals surface area contributed by atoms with Crippen molar-refractivity contribution in [2.24, 2.45) is 0 Å². The monoisotopic (exact) mass is 537 g/mol. The molecule has 39 heavy (non-hydrogen) atoms. The molecule has 3 heterocycles. The highest BCUT2D eigenvalue weighted by Gasteiger charge is 2.28. The van der Waals surface area contributed by atoms with Crippen LogP contribution in [0.3, 0.4) is 0 Å². The lowest BCUT2D eigenvalue weighted by Gasteiger charge is -2.31. The number of amides is 1. The number of hydrogen-bond acceptors (Lipinski definition) is 7. The number of fused-ring (bicyclic) bond motifs is 1. The summed E-state index contributed by atoms with van der Waals surface area (Å²) in [5.74, 6) is 0.327. The van der Waals surface area contributed by atoms with Gasteiger partial charge in [-0.25, -0.2) is 9.78 Å². The highest BCUT2D eigenvalue weighted by atomic mass is 16.6. The minimum atomic E-state index is -0.492. The maximum Gasteiger partial charge on any atom is 0.416 e. The maximum absolute atomic E-state index is 12.5. The van der Waals surface area contributed by atoms with Gasteiger partial charge < -0.3 is 14.6 Å². The molecule has 0 aliphatic carbocycles. The van der Waals surface area contributed by atoms with Crippen molar-refractivity contribution in [2.45, 2.75) is 64.4 Å². The van der Waals surface area contributed by atoms with E-state index in [2.05, 4.69) is 33.9 Å². The predicted octanol–water partition coefficient (Wildman–Crippen LogP) is 4.90. The topological polar surface area (TPSA) is 92.2 Å². The van der Waals surface area contributed by atoms with Crippen molar-refractivity contribution >= 4 is 17.9 Å². The van der Waals surface area contributed by atoms with Gasteiger partial charge in [-0.05, 0) is 57.2 Å². The van der Waals surface area contributed by atoms with Gasteiger partial charge in [0.05, 0.1) is 20.1 Å². The predicted molar refractivity (Wildman–Crippen MR) is 153 cm³/mol. The summed E-state index contributed by atoms with van der Waals surface area (Å²) in [7, 11) is 1.35. The molecule has 212 valence electrons. The van der Waals surface area contributed by atoms with Crippen LogP contribution >= 0.6 is 0 Å². The summed E-state index contributed by atoms with van der Waals surface area (Å²) < 4.78 is 10.1. The van der Waals surface area contributed by atoms with E-state index in [9.17, 15) is 9.59 Å². The van der Waals surface area contributed by atoms with Gasteiger partial charge in [0.15, 0.2) is 0 Å². The third kappa shape index (κ3) is 9.79. The first kappa shape index (κ1) is 30.3. The fourth-order valence-electron chi connectivity index (χ4n) is 4.58. The van der Waals surface area contributed by atoms with E-state index in [1.54, 1.807) is 4.90 Å². The number of esters is 1. The number of pyridine rings is 1. The summed E-state index contributed by atoms with van der Waals surface area (Å²) in [6.45, 7) is 9.46. The molecule has 0 radical (unpaired) electrons. The van der Waals surface area contributed by atoms with Gasteiger partial charge >= 0.3 is 12.1 Å². The van der Waals surface area contributed by atoms with Crippen LogP contribution in [-0.2, 0) is 27.1 Å². The number of hydrogen-bond donors (Lipinski definition) is 1. The Balaban J connectivity index is 0.000000255. The van der Waals surface area contributed by atoms with Crippen molar-refractivity contribution in [3.8, 4) is 0 Å². The third-order valence-electron chi connectivity index (χ3n) is 6.67. The summed E-state index contributed by atoms with van der Waals surface area (Å²) in [6, 6.07) is 13.7. The Morgan fingerprint density at radius 3 is 2.49 bits per heavy atom. The molecule has 0 bridgehead atoms. The van der Waals surface area contributed by atoms with E-state index in [1.165, 1.54) is 7.11 Å². The van der Waals surface area contributed by atoms with Crippen LogP contribution in [0.2, 0.25) is 0 Å². The molecule has 0 saturated heterocycles. The van der Waals surface area contributed by atoms with Crippen molar-refractivity contribution in [2.75, 3.05) is 44.8 Å². The third-order valence-corrected chi connectivity index (χ3v) is 6.67. The standard InChI is InChI=1S/C20H29N3O2.C11H14O3/c1-20(2,3)25-19(24)23-14-7-8-16-9-10-17(21-18(16)23)11-15-22-12-5-4-6-13-22;1-14-11(13)7-10(8-12)9-5-3-2-4-6-9/h4-5,9-10H,6-8,11-15H2,1-3H3;2-6,10,12H,7-8H2,1H3. The smallest absolute Gasteiger partial charge is 0.416 e. The van der Waals surface area contributed by atoms with Crippen LogP contribution in [0.5, 0.6) is 0 Å². The molecule has 1 atom stereocenters. The van der Waals surface area contributed by atoms with E-state index in [4.69, 9.17) is 14.8 Å². The molecular formula is C31H43N3O5. The summed E-state index contributed by atoms with van der Waals surface area (Å²) in [5.41, 5.74) is 2.65. The number of methoxy groups -OCH3 is 1. The Kier molecular flexibility index (Phi) is 11.5. The summed E-state index contributed by atoms with van der Waals surface area (Å²) in [6.07, 6.45) is 8.36. The molecule has 8 nitrogen and oxygen atoms in total. The molecular weight excluding hydrogens is 494 g/mol. The first-order valence-electron chi connectivity index (χ1n) is 13.8. The molecule has 1 amide bonds. The van der Waals surface area contributed by atoms with Crippen molar-refractivity contribution in [3.63, 3.8) is 0 Å². The molecule has 1 unspecified atom stereocenters. The highest BCUT2D eigenvalue weighted by Crippen LogP contribution is 2.27. The number of rotatable bonds is 7. The van der Waals surface area contributed by atoms with Gasteiger partial charge in [-0.3, -0.25) is 14.6 Å². The van der Waals surface area contributed by atoms with Gasteiger partial charge in [0, 0.05) is 44.2 Å². The fourth-order valence-corrected chi connectivity index (χ4v) is 4.58. The van der Waals surface area contributed by atoms with Crippen LogP contribution in [-0.4, -0.2) is 72.5 Å². The summed E-state index contributed by atoms with van der Waals surface area (Å²) in [4.78, 5) is 32.5. The lowest BCUT2D eigenvalue weighted by molar-refractivity contribution is -0.141. The lowest BCUT2D eigenvalue weighted by Crippen LogP contribution is -2.40. The number of aryl methyl sites for hydroxylation is 1. The van der Waals surface area contributed by atoms with E-state index in [0.717, 1.165) is 68.0 Å². The van der Waals surface area contributed by atoms with Crippen molar-refractivity contribution in [1.82, 2.24) is 9.88 Å². The Hall–Kier alpha value is -3.23. The van der Waals surface area contributed by atoms with Gasteiger partial charge in [0.2, 0.25) is 0 Å². The van der Waals surface area contributed by atoms with E-state index >= 15 is 0 Å². The molecule has 1 aromatic heterocycles. The average Bonchev–Trinajstić information content (AvgIpc) is 2.94. The molecule has 2 aliphatic rings. The van der Waals surface area contributed by atoms with Crippen LogP contribution in [0.15, 0.2) is 54.6 Å². The molecule has 0 spiro atoms.